The molecule has 0 saturated heterocycles. The molecule has 6 aromatic rings. The van der Waals surface area contributed by atoms with Crippen molar-refractivity contribution in [3.63, 3.8) is 0 Å². The van der Waals surface area contributed by atoms with E-state index < -0.39 is 0 Å². The predicted molar refractivity (Wildman–Crippen MR) is 137 cm³/mol. The van der Waals surface area contributed by atoms with Gasteiger partial charge >= 0.3 is 0 Å². The summed E-state index contributed by atoms with van der Waals surface area (Å²) in [5.41, 5.74) is 9.61. The van der Waals surface area contributed by atoms with E-state index in [0.29, 0.717) is 0 Å². The highest BCUT2D eigenvalue weighted by atomic mass is 16.5. The summed E-state index contributed by atoms with van der Waals surface area (Å²) in [5, 5.41) is 2.53. The number of para-hydroxylation sites is 1. The first-order valence-corrected chi connectivity index (χ1v) is 11.7. The summed E-state index contributed by atoms with van der Waals surface area (Å²) in [6.45, 7) is 0.0963. The third-order valence-electron chi connectivity index (χ3n) is 7.64. The van der Waals surface area contributed by atoms with E-state index >= 15 is 0 Å². The van der Waals surface area contributed by atoms with Gasteiger partial charge in [0.25, 0.3) is 6.71 Å². The van der Waals surface area contributed by atoms with Crippen LogP contribution in [0.5, 0.6) is 23.0 Å². The molecule has 0 fully saturated rings. The smallest absolute Gasteiger partial charge is 0.266 e. The van der Waals surface area contributed by atoms with E-state index in [1.807, 2.05) is 6.07 Å². The van der Waals surface area contributed by atoms with Crippen molar-refractivity contribution in [2.24, 2.45) is 0 Å². The Balaban J connectivity index is 1.52. The van der Waals surface area contributed by atoms with E-state index in [9.17, 15) is 0 Å². The van der Waals surface area contributed by atoms with Crippen LogP contribution in [0.2, 0.25) is 0 Å². The molecule has 0 unspecified atom stereocenters. The van der Waals surface area contributed by atoms with E-state index in [4.69, 9.17) is 9.47 Å². The van der Waals surface area contributed by atoms with Crippen molar-refractivity contribution in [2.75, 3.05) is 0 Å². The van der Waals surface area contributed by atoms with Gasteiger partial charge in [0.1, 0.15) is 23.0 Å². The zero-order valence-electron chi connectivity index (χ0n) is 18.1. The molecule has 4 heteroatoms. The van der Waals surface area contributed by atoms with Gasteiger partial charge in [-0.15, -0.1) is 0 Å². The molecule has 4 heterocycles. The number of fused-ring (bicyclic) bond motifs is 4. The molecule has 0 saturated carbocycles. The molecule has 9 rings (SSSR count). The molecule has 0 aliphatic carbocycles. The molecule has 0 radical (unpaired) electrons. The van der Waals surface area contributed by atoms with Crippen molar-refractivity contribution in [1.29, 1.82) is 0 Å². The average molecular weight is 433 g/mol. The van der Waals surface area contributed by atoms with Crippen molar-refractivity contribution in [3.05, 3.63) is 97.1 Å². The van der Waals surface area contributed by atoms with Crippen LogP contribution in [0.4, 0.5) is 0 Å². The van der Waals surface area contributed by atoms with Crippen LogP contribution in [0.15, 0.2) is 97.1 Å². The second-order valence-corrected chi connectivity index (χ2v) is 9.30. The fourth-order valence-corrected chi connectivity index (χ4v) is 6.31. The van der Waals surface area contributed by atoms with Crippen LogP contribution in [0, 0.1) is 0 Å². The van der Waals surface area contributed by atoms with Gasteiger partial charge in [0.2, 0.25) is 0 Å². The predicted octanol–water partition coefficient (Wildman–Crippen LogP) is 5.49. The molecule has 156 valence electrons. The van der Waals surface area contributed by atoms with Gasteiger partial charge in [-0.1, -0.05) is 54.6 Å². The molecule has 1 aromatic heterocycles. The van der Waals surface area contributed by atoms with Gasteiger partial charge in [0.15, 0.2) is 0 Å². The van der Waals surface area contributed by atoms with Crippen LogP contribution >= 0.6 is 0 Å². The van der Waals surface area contributed by atoms with E-state index in [1.54, 1.807) is 0 Å². The van der Waals surface area contributed by atoms with Crippen LogP contribution in [-0.4, -0.2) is 11.3 Å². The zero-order chi connectivity index (χ0) is 22.0. The summed E-state index contributed by atoms with van der Waals surface area (Å²) in [6.07, 6.45) is 0. The Kier molecular flexibility index (Phi) is 2.88. The van der Waals surface area contributed by atoms with Gasteiger partial charge in [0.05, 0.1) is 11.0 Å². The van der Waals surface area contributed by atoms with Crippen LogP contribution in [0.1, 0.15) is 0 Å². The first kappa shape index (κ1) is 17.1. The molecular formula is C30H16BNO2. The van der Waals surface area contributed by atoms with Crippen LogP contribution in [-0.2, 0) is 0 Å². The minimum atomic E-state index is 0.0963. The lowest BCUT2D eigenvalue weighted by Gasteiger charge is -2.37. The number of ether oxygens (including phenoxy) is 2. The molecule has 3 nitrogen and oxygen atoms in total. The average Bonchev–Trinajstić information content (AvgIpc) is 3.23. The highest BCUT2D eigenvalue weighted by Gasteiger charge is 2.46. The maximum Gasteiger partial charge on any atom is 0.266 e. The third kappa shape index (κ3) is 1.89. The first-order valence-electron chi connectivity index (χ1n) is 11.7. The molecular weight excluding hydrogens is 417 g/mol. The summed E-state index contributed by atoms with van der Waals surface area (Å²) in [6, 6.07) is 34.3. The van der Waals surface area contributed by atoms with Gasteiger partial charge in [-0.2, -0.15) is 0 Å². The topological polar surface area (TPSA) is 23.4 Å². The first-order chi connectivity index (χ1) is 16.9. The number of hydrogen-bond donors (Lipinski definition) is 0. The van der Waals surface area contributed by atoms with Crippen molar-refractivity contribution < 1.29 is 9.47 Å². The Hall–Kier alpha value is -4.44. The number of nitrogens with zero attached hydrogens (tertiary/aromatic N) is 1. The fraction of sp³-hybridized carbons (Fsp3) is 0. The van der Waals surface area contributed by atoms with E-state index in [-0.39, 0.29) is 6.71 Å². The van der Waals surface area contributed by atoms with Crippen LogP contribution in [0.3, 0.4) is 0 Å². The highest BCUT2D eigenvalue weighted by Crippen LogP contribution is 2.43. The largest absolute Gasteiger partial charge is 0.458 e. The molecule has 0 bridgehead atoms. The van der Waals surface area contributed by atoms with Crippen LogP contribution in [0.25, 0.3) is 38.6 Å². The van der Waals surface area contributed by atoms with Gasteiger partial charge < -0.3 is 14.0 Å². The van der Waals surface area contributed by atoms with Gasteiger partial charge in [0, 0.05) is 21.9 Å². The van der Waals surface area contributed by atoms with Crippen molar-refractivity contribution in [2.45, 2.75) is 0 Å². The van der Waals surface area contributed by atoms with Crippen molar-refractivity contribution in [3.8, 4) is 39.8 Å². The minimum absolute atomic E-state index is 0.0963. The molecule has 3 aliphatic heterocycles. The molecule has 34 heavy (non-hydrogen) atoms. The Bertz CT molecular complexity index is 1870. The molecule has 3 aliphatic rings. The normalized spacial score (nSPS) is 13.7. The Labute approximate surface area is 195 Å². The zero-order valence-corrected chi connectivity index (χ0v) is 18.1. The van der Waals surface area contributed by atoms with Gasteiger partial charge in [-0.3, -0.25) is 0 Å². The molecule has 0 N–H and O–H groups in total. The lowest BCUT2D eigenvalue weighted by atomic mass is 9.33. The Morgan fingerprint density at radius 3 is 2.18 bits per heavy atom. The summed E-state index contributed by atoms with van der Waals surface area (Å²) in [4.78, 5) is 0. The third-order valence-corrected chi connectivity index (χ3v) is 7.64. The maximum atomic E-state index is 6.60. The number of benzene rings is 5. The summed E-state index contributed by atoms with van der Waals surface area (Å²) >= 11 is 0. The molecule has 0 amide bonds. The van der Waals surface area contributed by atoms with Crippen molar-refractivity contribution >= 4 is 44.9 Å². The maximum absolute atomic E-state index is 6.60. The Morgan fingerprint density at radius 1 is 0.529 bits per heavy atom. The highest BCUT2D eigenvalue weighted by molar-refractivity contribution is 7.00. The monoisotopic (exact) mass is 433 g/mol. The fourth-order valence-electron chi connectivity index (χ4n) is 6.31. The van der Waals surface area contributed by atoms with E-state index in [1.165, 1.54) is 44.0 Å². The summed E-state index contributed by atoms with van der Waals surface area (Å²) < 4.78 is 15.5. The van der Waals surface area contributed by atoms with Gasteiger partial charge in [-0.25, -0.2) is 0 Å². The number of aromatic nitrogens is 1. The van der Waals surface area contributed by atoms with Crippen LogP contribution < -0.4 is 25.9 Å². The molecule has 5 aromatic carbocycles. The van der Waals surface area contributed by atoms with E-state index in [2.05, 4.69) is 95.6 Å². The summed E-state index contributed by atoms with van der Waals surface area (Å²) in [7, 11) is 0. The Morgan fingerprint density at radius 2 is 1.29 bits per heavy atom. The van der Waals surface area contributed by atoms with Crippen molar-refractivity contribution in [1.82, 2.24) is 4.57 Å². The standard InChI is InChI=1S/C30H16BNO2/c1-2-7-17(8-3-1)18-15-22-27-26(16-18)34-24-12-6-11-23-28(24)31(27)29-25(33-23)14-13-20-19-9-4-5-10-21(19)32(22)30(20)29/h1-16H. The summed E-state index contributed by atoms with van der Waals surface area (Å²) in [5.74, 6) is 3.65. The SMILES string of the molecule is c1ccc(-c2cc3c4c(c2)-n2c5ccccc5c5ccc6c(c52)B4c2c(cccc2O6)O3)cc1. The van der Waals surface area contributed by atoms with E-state index in [0.717, 1.165) is 34.0 Å². The minimum Gasteiger partial charge on any atom is -0.458 e. The molecule has 0 atom stereocenters. The number of hydrogen-bond acceptors (Lipinski definition) is 2. The second-order valence-electron chi connectivity index (χ2n) is 9.30. The lowest BCUT2D eigenvalue weighted by molar-refractivity contribution is 0.464. The quantitative estimate of drug-likeness (QED) is 0.320. The second kappa shape index (κ2) is 5.73. The number of rotatable bonds is 1. The van der Waals surface area contributed by atoms with Gasteiger partial charge in [-0.05, 0) is 64.5 Å². The lowest BCUT2D eigenvalue weighted by Crippen LogP contribution is -2.60. The molecule has 0 spiro atoms.